The largest absolute Gasteiger partial charge is 0.456 e. The second kappa shape index (κ2) is 6.35. The van der Waals surface area contributed by atoms with Gasteiger partial charge in [-0.25, -0.2) is 4.79 Å². The summed E-state index contributed by atoms with van der Waals surface area (Å²) in [5.74, 6) is -2.26. The molecule has 2 heterocycles. The summed E-state index contributed by atoms with van der Waals surface area (Å²) >= 11 is 0. The molecule has 0 saturated heterocycles. The fourth-order valence-corrected chi connectivity index (χ4v) is 2.75. The third-order valence-electron chi connectivity index (χ3n) is 4.13. The SMILES string of the molecule is CC(C(=O)OCC(=O)c1cccn1C)N1C(=O)c2ccccc2C1=O. The second-order valence-corrected chi connectivity index (χ2v) is 5.74. The maximum Gasteiger partial charge on any atom is 0.329 e. The predicted molar refractivity (Wildman–Crippen MR) is 87.1 cm³/mol. The minimum Gasteiger partial charge on any atom is -0.456 e. The highest BCUT2D eigenvalue weighted by Crippen LogP contribution is 2.24. The molecule has 1 atom stereocenters. The molecule has 0 aliphatic carbocycles. The van der Waals surface area contributed by atoms with E-state index in [1.807, 2.05) is 0 Å². The third kappa shape index (κ3) is 2.84. The van der Waals surface area contributed by atoms with Crippen molar-refractivity contribution in [1.82, 2.24) is 9.47 Å². The Kier molecular flexibility index (Phi) is 4.22. The lowest BCUT2D eigenvalue weighted by Crippen LogP contribution is -2.44. The van der Waals surface area contributed by atoms with E-state index >= 15 is 0 Å². The van der Waals surface area contributed by atoms with Gasteiger partial charge in [-0.05, 0) is 31.2 Å². The fraction of sp³-hybridized carbons (Fsp3) is 0.222. The Balaban J connectivity index is 1.67. The number of rotatable bonds is 5. The number of imide groups is 1. The lowest BCUT2D eigenvalue weighted by atomic mass is 10.1. The molecule has 0 fully saturated rings. The zero-order chi connectivity index (χ0) is 18.1. The molecule has 7 heteroatoms. The van der Waals surface area contributed by atoms with Gasteiger partial charge in [-0.1, -0.05) is 12.1 Å². The molecule has 128 valence electrons. The van der Waals surface area contributed by atoms with Crippen LogP contribution in [0.5, 0.6) is 0 Å². The van der Waals surface area contributed by atoms with Crippen molar-refractivity contribution in [3.63, 3.8) is 0 Å². The number of ether oxygens (including phenoxy) is 1. The van der Waals surface area contributed by atoms with Crippen LogP contribution in [0.2, 0.25) is 0 Å². The first-order valence-corrected chi connectivity index (χ1v) is 7.70. The van der Waals surface area contributed by atoms with Crippen LogP contribution in [-0.2, 0) is 16.6 Å². The standard InChI is InChI=1S/C18H16N2O5/c1-11(18(24)25-10-15(21)14-8-5-9-19(14)2)20-16(22)12-6-3-4-7-13(12)17(20)23/h3-9,11H,10H2,1-2H3. The number of aromatic nitrogens is 1. The van der Waals surface area contributed by atoms with Crippen molar-refractivity contribution in [1.29, 1.82) is 0 Å². The molecular formula is C18H16N2O5. The minimum atomic E-state index is -1.12. The number of carbonyl (C=O) groups is 4. The summed E-state index contributed by atoms with van der Waals surface area (Å²) in [5, 5.41) is 0. The highest BCUT2D eigenvalue weighted by molar-refractivity contribution is 6.22. The number of amides is 2. The quantitative estimate of drug-likeness (QED) is 0.467. The van der Waals surface area contributed by atoms with Gasteiger partial charge in [0, 0.05) is 13.2 Å². The Morgan fingerprint density at radius 3 is 2.16 bits per heavy atom. The number of hydrogen-bond donors (Lipinski definition) is 0. The topological polar surface area (TPSA) is 85.7 Å². The van der Waals surface area contributed by atoms with Crippen LogP contribution in [0.4, 0.5) is 0 Å². The van der Waals surface area contributed by atoms with Crippen molar-refractivity contribution in [3.8, 4) is 0 Å². The van der Waals surface area contributed by atoms with Crippen LogP contribution in [0.1, 0.15) is 38.1 Å². The van der Waals surface area contributed by atoms with E-state index in [-0.39, 0.29) is 16.9 Å². The van der Waals surface area contributed by atoms with E-state index in [1.54, 1.807) is 42.1 Å². The average molecular weight is 340 g/mol. The molecule has 1 aromatic heterocycles. The van der Waals surface area contributed by atoms with E-state index in [0.29, 0.717) is 5.69 Å². The van der Waals surface area contributed by atoms with Crippen LogP contribution in [0.15, 0.2) is 42.6 Å². The molecule has 1 unspecified atom stereocenters. The summed E-state index contributed by atoms with van der Waals surface area (Å²) in [7, 11) is 1.70. The van der Waals surface area contributed by atoms with E-state index in [1.165, 1.54) is 19.1 Å². The zero-order valence-corrected chi connectivity index (χ0v) is 13.8. The van der Waals surface area contributed by atoms with Crippen LogP contribution in [-0.4, -0.2) is 45.7 Å². The molecule has 25 heavy (non-hydrogen) atoms. The molecule has 0 radical (unpaired) electrons. The van der Waals surface area contributed by atoms with E-state index in [2.05, 4.69) is 0 Å². The van der Waals surface area contributed by atoms with Crippen LogP contribution in [0.25, 0.3) is 0 Å². The highest BCUT2D eigenvalue weighted by atomic mass is 16.5. The van der Waals surface area contributed by atoms with Gasteiger partial charge in [-0.15, -0.1) is 0 Å². The van der Waals surface area contributed by atoms with Gasteiger partial charge in [0.25, 0.3) is 11.8 Å². The zero-order valence-electron chi connectivity index (χ0n) is 13.8. The van der Waals surface area contributed by atoms with Gasteiger partial charge in [0.1, 0.15) is 6.04 Å². The molecule has 1 aliphatic rings. The number of esters is 1. The molecule has 0 bridgehead atoms. The molecule has 0 spiro atoms. The molecule has 2 aromatic rings. The first-order chi connectivity index (χ1) is 11.9. The Hall–Kier alpha value is -3.22. The maximum atomic E-state index is 12.3. The lowest BCUT2D eigenvalue weighted by molar-refractivity contribution is -0.146. The van der Waals surface area contributed by atoms with Gasteiger partial charge in [-0.3, -0.25) is 19.3 Å². The molecule has 0 saturated carbocycles. The average Bonchev–Trinajstić information content (AvgIpc) is 3.14. The van der Waals surface area contributed by atoms with Gasteiger partial charge in [-0.2, -0.15) is 0 Å². The Morgan fingerprint density at radius 2 is 1.64 bits per heavy atom. The lowest BCUT2D eigenvalue weighted by Gasteiger charge is -2.20. The first kappa shape index (κ1) is 16.6. The fourth-order valence-electron chi connectivity index (χ4n) is 2.75. The van der Waals surface area contributed by atoms with Gasteiger partial charge in [0.15, 0.2) is 6.61 Å². The van der Waals surface area contributed by atoms with Gasteiger partial charge >= 0.3 is 5.97 Å². The number of benzene rings is 1. The van der Waals surface area contributed by atoms with E-state index in [9.17, 15) is 19.2 Å². The molecule has 1 aromatic carbocycles. The summed E-state index contributed by atoms with van der Waals surface area (Å²) < 4.78 is 6.62. The third-order valence-corrected chi connectivity index (χ3v) is 4.13. The molecule has 0 N–H and O–H groups in total. The van der Waals surface area contributed by atoms with Crippen molar-refractivity contribution < 1.29 is 23.9 Å². The van der Waals surface area contributed by atoms with Gasteiger partial charge in [0.2, 0.25) is 5.78 Å². The summed E-state index contributed by atoms with van der Waals surface area (Å²) in [6.07, 6.45) is 1.70. The second-order valence-electron chi connectivity index (χ2n) is 5.74. The number of carbonyl (C=O) groups excluding carboxylic acids is 4. The monoisotopic (exact) mass is 340 g/mol. The van der Waals surface area contributed by atoms with Gasteiger partial charge < -0.3 is 9.30 Å². The summed E-state index contributed by atoms with van der Waals surface area (Å²) in [6, 6.07) is 8.57. The van der Waals surface area contributed by atoms with Crippen LogP contribution in [0.3, 0.4) is 0 Å². The van der Waals surface area contributed by atoms with Crippen molar-refractivity contribution >= 4 is 23.6 Å². The number of fused-ring (bicyclic) bond motifs is 1. The molecular weight excluding hydrogens is 324 g/mol. The Morgan fingerprint density at radius 1 is 1.04 bits per heavy atom. The maximum absolute atomic E-state index is 12.3. The van der Waals surface area contributed by atoms with Crippen molar-refractivity contribution in [3.05, 3.63) is 59.4 Å². The summed E-state index contributed by atoms with van der Waals surface area (Å²) in [4.78, 5) is 49.8. The first-order valence-electron chi connectivity index (χ1n) is 7.70. The van der Waals surface area contributed by atoms with Crippen LogP contribution in [0, 0.1) is 0 Å². The van der Waals surface area contributed by atoms with E-state index < -0.39 is 30.4 Å². The molecule has 7 nitrogen and oxygen atoms in total. The number of aryl methyl sites for hydroxylation is 1. The van der Waals surface area contributed by atoms with Gasteiger partial charge in [0.05, 0.1) is 16.8 Å². The predicted octanol–water partition coefficient (Wildman–Crippen LogP) is 1.44. The number of nitrogens with zero attached hydrogens (tertiary/aromatic N) is 2. The van der Waals surface area contributed by atoms with Crippen LogP contribution >= 0.6 is 0 Å². The molecule has 1 aliphatic heterocycles. The number of hydrogen-bond acceptors (Lipinski definition) is 5. The Labute approximate surface area is 143 Å². The molecule has 3 rings (SSSR count). The van der Waals surface area contributed by atoms with Crippen molar-refractivity contribution in [2.75, 3.05) is 6.61 Å². The minimum absolute atomic E-state index is 0.257. The molecule has 2 amide bonds. The summed E-state index contributed by atoms with van der Waals surface area (Å²) in [6.45, 7) is 0.946. The van der Waals surface area contributed by atoms with Crippen molar-refractivity contribution in [2.45, 2.75) is 13.0 Å². The number of ketones is 1. The van der Waals surface area contributed by atoms with Crippen molar-refractivity contribution in [2.24, 2.45) is 7.05 Å². The Bertz CT molecular complexity index is 848. The smallest absolute Gasteiger partial charge is 0.329 e. The summed E-state index contributed by atoms with van der Waals surface area (Å²) in [5.41, 5.74) is 0.917. The normalized spacial score (nSPS) is 14.4. The number of Topliss-reactive ketones (excluding diaryl/α,β-unsaturated/α-hetero) is 1. The highest BCUT2D eigenvalue weighted by Gasteiger charge is 2.41. The van der Waals surface area contributed by atoms with E-state index in [4.69, 9.17) is 4.74 Å². The van der Waals surface area contributed by atoms with Crippen LogP contribution < -0.4 is 0 Å². The van der Waals surface area contributed by atoms with E-state index in [0.717, 1.165) is 4.90 Å².